The number of aryl methyl sites for hydroxylation is 1. The number of nitrogens with zero attached hydrogens (tertiary/aromatic N) is 3. The Hall–Kier alpha value is -3.56. The molecule has 0 fully saturated rings. The van der Waals surface area contributed by atoms with Crippen molar-refractivity contribution in [1.82, 2.24) is 0 Å². The zero-order chi connectivity index (χ0) is 23.5. The van der Waals surface area contributed by atoms with E-state index in [0.29, 0.717) is 18.2 Å². The molecule has 0 aromatic heterocycles. The second-order valence-electron chi connectivity index (χ2n) is 8.67. The first-order valence-corrected chi connectivity index (χ1v) is 11.9. The van der Waals surface area contributed by atoms with Crippen LogP contribution in [0.25, 0.3) is 11.1 Å². The lowest BCUT2D eigenvalue weighted by Crippen LogP contribution is -2.07. The van der Waals surface area contributed by atoms with Crippen molar-refractivity contribution >= 4 is 30.0 Å². The minimum atomic E-state index is 0.486. The number of aliphatic imine (C=N–C) groups is 3. The minimum absolute atomic E-state index is 0.486. The van der Waals surface area contributed by atoms with Crippen LogP contribution in [0.15, 0.2) is 99.4 Å². The standard InChI is InChI=1S/C30H26ClN3/c1-20-9-8-13-23(15-20)29(32-2)34-30(21-10-4-3-5-11-21)33-19-25-18-26(31)17-24-16-22-12-6-7-14-27(22)28(24)25/h4,6-15,17-18H,2-3,5,16,19H2,1H3/b33-30-,34-29-. The van der Waals surface area contributed by atoms with Crippen molar-refractivity contribution in [2.45, 2.75) is 32.7 Å². The molecule has 4 heteroatoms. The summed E-state index contributed by atoms with van der Waals surface area (Å²) in [6.45, 7) is 6.32. The monoisotopic (exact) mass is 463 g/mol. The van der Waals surface area contributed by atoms with Crippen LogP contribution in [-0.4, -0.2) is 18.4 Å². The van der Waals surface area contributed by atoms with Crippen molar-refractivity contribution < 1.29 is 0 Å². The highest BCUT2D eigenvalue weighted by atomic mass is 35.5. The Morgan fingerprint density at radius 3 is 2.65 bits per heavy atom. The van der Waals surface area contributed by atoms with Gasteiger partial charge in [0.05, 0.1) is 6.54 Å². The molecule has 0 N–H and O–H groups in total. The van der Waals surface area contributed by atoms with E-state index in [1.54, 1.807) is 0 Å². The van der Waals surface area contributed by atoms with Gasteiger partial charge in [0.25, 0.3) is 0 Å². The number of amidine groups is 2. The quantitative estimate of drug-likeness (QED) is 0.221. The van der Waals surface area contributed by atoms with Crippen molar-refractivity contribution in [3.05, 3.63) is 117 Å². The van der Waals surface area contributed by atoms with Crippen LogP contribution in [0.1, 0.15) is 40.7 Å². The lowest BCUT2D eigenvalue weighted by molar-refractivity contribution is 1.02. The zero-order valence-electron chi connectivity index (χ0n) is 19.3. The molecular formula is C30H26ClN3. The van der Waals surface area contributed by atoms with Crippen LogP contribution in [0.4, 0.5) is 0 Å². The fourth-order valence-electron chi connectivity index (χ4n) is 4.66. The van der Waals surface area contributed by atoms with Crippen molar-refractivity contribution in [3.63, 3.8) is 0 Å². The highest BCUT2D eigenvalue weighted by molar-refractivity contribution is 6.31. The number of rotatable bonds is 4. The fraction of sp³-hybridized carbons (Fsp3) is 0.167. The molecule has 0 heterocycles. The summed E-state index contributed by atoms with van der Waals surface area (Å²) >= 11 is 6.52. The number of benzene rings is 3. The molecule has 2 aliphatic rings. The SMILES string of the molecule is C=N/C(=N\C(=N/Cc1cc(Cl)cc2c1-c1ccccc1C2)C1=CCCC=C1)c1cccc(C)c1. The van der Waals surface area contributed by atoms with E-state index in [-0.39, 0.29) is 0 Å². The molecule has 0 saturated carbocycles. The molecule has 3 nitrogen and oxygen atoms in total. The molecule has 0 saturated heterocycles. The number of halogens is 1. The maximum absolute atomic E-state index is 6.52. The van der Waals surface area contributed by atoms with E-state index in [0.717, 1.165) is 46.5 Å². The van der Waals surface area contributed by atoms with Crippen molar-refractivity contribution in [1.29, 1.82) is 0 Å². The Morgan fingerprint density at radius 2 is 1.85 bits per heavy atom. The Bertz CT molecular complexity index is 1390. The van der Waals surface area contributed by atoms with E-state index in [1.807, 2.05) is 18.2 Å². The van der Waals surface area contributed by atoms with E-state index in [1.165, 1.54) is 22.3 Å². The van der Waals surface area contributed by atoms with Gasteiger partial charge in [-0.1, -0.05) is 77.9 Å². The van der Waals surface area contributed by atoms with Crippen LogP contribution >= 0.6 is 11.6 Å². The summed E-state index contributed by atoms with van der Waals surface area (Å²) in [5.41, 5.74) is 9.32. The number of hydrogen-bond donors (Lipinski definition) is 0. The first-order valence-electron chi connectivity index (χ1n) is 11.6. The van der Waals surface area contributed by atoms with Crippen LogP contribution in [0.3, 0.4) is 0 Å². The molecule has 34 heavy (non-hydrogen) atoms. The fourth-order valence-corrected chi connectivity index (χ4v) is 4.93. The molecule has 0 bridgehead atoms. The maximum Gasteiger partial charge on any atom is 0.161 e. The molecule has 0 unspecified atom stereocenters. The van der Waals surface area contributed by atoms with Gasteiger partial charge in [-0.05, 0) is 78.9 Å². The number of fused-ring (bicyclic) bond motifs is 3. The summed E-state index contributed by atoms with van der Waals surface area (Å²) in [6, 6.07) is 20.8. The van der Waals surface area contributed by atoms with Gasteiger partial charge in [-0.2, -0.15) is 0 Å². The minimum Gasteiger partial charge on any atom is -0.261 e. The third-order valence-electron chi connectivity index (χ3n) is 6.22. The van der Waals surface area contributed by atoms with Crippen molar-refractivity contribution in [2.24, 2.45) is 15.0 Å². The topological polar surface area (TPSA) is 37.1 Å². The highest BCUT2D eigenvalue weighted by Gasteiger charge is 2.22. The summed E-state index contributed by atoms with van der Waals surface area (Å²) in [5, 5.41) is 0.742. The number of allylic oxidation sites excluding steroid dienone is 2. The van der Waals surface area contributed by atoms with Gasteiger partial charge in [-0.25, -0.2) is 9.98 Å². The average Bonchev–Trinajstić information content (AvgIpc) is 3.23. The molecule has 3 aromatic carbocycles. The van der Waals surface area contributed by atoms with Crippen LogP contribution < -0.4 is 0 Å². The predicted molar refractivity (Wildman–Crippen MR) is 145 cm³/mol. The van der Waals surface area contributed by atoms with E-state index in [2.05, 4.69) is 79.3 Å². The van der Waals surface area contributed by atoms with Crippen LogP contribution in [0.5, 0.6) is 0 Å². The molecule has 0 spiro atoms. The molecule has 3 aromatic rings. The second kappa shape index (κ2) is 9.74. The zero-order valence-corrected chi connectivity index (χ0v) is 20.0. The lowest BCUT2D eigenvalue weighted by atomic mass is 9.99. The van der Waals surface area contributed by atoms with Crippen LogP contribution in [0.2, 0.25) is 5.02 Å². The number of hydrogen-bond acceptors (Lipinski definition) is 1. The van der Waals surface area contributed by atoms with Gasteiger partial charge in [0, 0.05) is 16.2 Å². The van der Waals surface area contributed by atoms with Gasteiger partial charge < -0.3 is 0 Å². The van der Waals surface area contributed by atoms with E-state index in [4.69, 9.17) is 21.6 Å². The summed E-state index contributed by atoms with van der Waals surface area (Å²) in [7, 11) is 0. The lowest BCUT2D eigenvalue weighted by Gasteiger charge is -2.12. The Balaban J connectivity index is 1.58. The molecule has 0 radical (unpaired) electrons. The van der Waals surface area contributed by atoms with Gasteiger partial charge in [-0.3, -0.25) is 4.99 Å². The molecule has 0 amide bonds. The third-order valence-corrected chi connectivity index (χ3v) is 6.44. The van der Waals surface area contributed by atoms with Gasteiger partial charge in [0.2, 0.25) is 0 Å². The summed E-state index contributed by atoms with van der Waals surface area (Å²) in [5.74, 6) is 1.24. The predicted octanol–water partition coefficient (Wildman–Crippen LogP) is 7.54. The molecule has 5 rings (SSSR count). The van der Waals surface area contributed by atoms with Gasteiger partial charge >= 0.3 is 0 Å². The summed E-state index contributed by atoms with van der Waals surface area (Å²) in [6.07, 6.45) is 9.36. The molecule has 0 aliphatic heterocycles. The van der Waals surface area contributed by atoms with E-state index >= 15 is 0 Å². The van der Waals surface area contributed by atoms with Gasteiger partial charge in [0.1, 0.15) is 0 Å². The van der Waals surface area contributed by atoms with E-state index < -0.39 is 0 Å². The molecule has 2 aliphatic carbocycles. The Kier molecular flexibility index (Phi) is 6.37. The second-order valence-corrected chi connectivity index (χ2v) is 9.11. The molecule has 168 valence electrons. The van der Waals surface area contributed by atoms with Gasteiger partial charge in [-0.15, -0.1) is 0 Å². The van der Waals surface area contributed by atoms with Crippen molar-refractivity contribution in [2.75, 3.05) is 0 Å². The first kappa shape index (κ1) is 22.2. The first-order chi connectivity index (χ1) is 16.6. The van der Waals surface area contributed by atoms with Crippen LogP contribution in [-0.2, 0) is 13.0 Å². The average molecular weight is 464 g/mol. The maximum atomic E-state index is 6.52. The summed E-state index contributed by atoms with van der Waals surface area (Å²) in [4.78, 5) is 14.1. The van der Waals surface area contributed by atoms with Gasteiger partial charge in [0.15, 0.2) is 11.7 Å². The Labute approximate surface area is 206 Å². The molecular weight excluding hydrogens is 438 g/mol. The Morgan fingerprint density at radius 1 is 0.971 bits per heavy atom. The normalized spacial score (nSPS) is 15.1. The molecule has 0 atom stereocenters. The van der Waals surface area contributed by atoms with Crippen molar-refractivity contribution in [3.8, 4) is 11.1 Å². The summed E-state index contributed by atoms with van der Waals surface area (Å²) < 4.78 is 0. The largest absolute Gasteiger partial charge is 0.261 e. The smallest absolute Gasteiger partial charge is 0.161 e. The third kappa shape index (κ3) is 4.57. The van der Waals surface area contributed by atoms with E-state index in [9.17, 15) is 0 Å². The van der Waals surface area contributed by atoms with Crippen LogP contribution in [0, 0.1) is 6.92 Å². The highest BCUT2D eigenvalue weighted by Crippen LogP contribution is 2.40.